The van der Waals surface area contributed by atoms with E-state index in [9.17, 15) is 9.59 Å². The van der Waals surface area contributed by atoms with Crippen LogP contribution >= 0.6 is 0 Å². The molecule has 132 valence electrons. The average Bonchev–Trinajstić information content (AvgIpc) is 2.59. The van der Waals surface area contributed by atoms with Crippen molar-refractivity contribution in [3.63, 3.8) is 0 Å². The number of ether oxygens (including phenoxy) is 2. The Labute approximate surface area is 143 Å². The van der Waals surface area contributed by atoms with Crippen LogP contribution in [-0.2, 0) is 9.53 Å². The third kappa shape index (κ3) is 5.64. The van der Waals surface area contributed by atoms with Gasteiger partial charge in [0.2, 0.25) is 5.91 Å². The summed E-state index contributed by atoms with van der Waals surface area (Å²) in [4.78, 5) is 25.5. The standard InChI is InChI=1S/C19H27NO4/c1-3-23-18-9-5-11-20(14-18)19(22)10-6-12-24-17-8-4-7-16(13-17)15(2)21/h4,7-8,13,18H,3,5-6,9-12,14H2,1-2H3. The lowest BCUT2D eigenvalue weighted by Gasteiger charge is -2.32. The van der Waals surface area contributed by atoms with E-state index < -0.39 is 0 Å². The maximum Gasteiger partial charge on any atom is 0.222 e. The molecule has 5 nitrogen and oxygen atoms in total. The molecule has 1 atom stereocenters. The Morgan fingerprint density at radius 2 is 2.17 bits per heavy atom. The van der Waals surface area contributed by atoms with Gasteiger partial charge in [0.1, 0.15) is 5.75 Å². The van der Waals surface area contributed by atoms with Gasteiger partial charge in [0.25, 0.3) is 0 Å². The summed E-state index contributed by atoms with van der Waals surface area (Å²) in [6.45, 7) is 6.21. The molecule has 1 amide bonds. The maximum atomic E-state index is 12.3. The number of piperidine rings is 1. The van der Waals surface area contributed by atoms with Crippen LogP contribution in [0.1, 0.15) is 49.9 Å². The minimum atomic E-state index is 0.0181. The van der Waals surface area contributed by atoms with Gasteiger partial charge in [-0.25, -0.2) is 0 Å². The second kappa shape index (κ2) is 9.42. The van der Waals surface area contributed by atoms with E-state index in [0.29, 0.717) is 43.9 Å². The van der Waals surface area contributed by atoms with Crippen molar-refractivity contribution in [3.05, 3.63) is 29.8 Å². The van der Waals surface area contributed by atoms with Crippen LogP contribution in [0, 0.1) is 0 Å². The lowest BCUT2D eigenvalue weighted by molar-refractivity contribution is -0.135. The van der Waals surface area contributed by atoms with Crippen LogP contribution < -0.4 is 4.74 Å². The van der Waals surface area contributed by atoms with Gasteiger partial charge in [0, 0.05) is 31.7 Å². The number of benzene rings is 1. The predicted octanol–water partition coefficient (Wildman–Crippen LogP) is 3.08. The minimum absolute atomic E-state index is 0.0181. The highest BCUT2D eigenvalue weighted by Gasteiger charge is 2.23. The monoisotopic (exact) mass is 333 g/mol. The topological polar surface area (TPSA) is 55.8 Å². The highest BCUT2D eigenvalue weighted by atomic mass is 16.5. The molecule has 1 heterocycles. The number of rotatable bonds is 8. The zero-order chi connectivity index (χ0) is 17.4. The van der Waals surface area contributed by atoms with E-state index in [1.54, 1.807) is 18.2 Å². The van der Waals surface area contributed by atoms with Crippen molar-refractivity contribution in [1.29, 1.82) is 0 Å². The molecule has 0 radical (unpaired) electrons. The number of hydrogen-bond donors (Lipinski definition) is 0. The van der Waals surface area contributed by atoms with Crippen LogP contribution in [0.15, 0.2) is 24.3 Å². The summed E-state index contributed by atoms with van der Waals surface area (Å²) < 4.78 is 11.3. The van der Waals surface area contributed by atoms with Crippen molar-refractivity contribution in [2.24, 2.45) is 0 Å². The first-order chi connectivity index (χ1) is 11.6. The second-order valence-electron chi connectivity index (χ2n) is 6.10. The number of ketones is 1. The van der Waals surface area contributed by atoms with Gasteiger partial charge in [-0.3, -0.25) is 9.59 Å². The molecule has 0 N–H and O–H groups in total. The van der Waals surface area contributed by atoms with Gasteiger partial charge >= 0.3 is 0 Å². The van der Waals surface area contributed by atoms with Crippen LogP contribution in [0.5, 0.6) is 5.75 Å². The summed E-state index contributed by atoms with van der Waals surface area (Å²) in [5.41, 5.74) is 0.638. The molecule has 0 saturated carbocycles. The van der Waals surface area contributed by atoms with Gasteiger partial charge in [-0.05, 0) is 45.2 Å². The second-order valence-corrected chi connectivity index (χ2v) is 6.10. The minimum Gasteiger partial charge on any atom is -0.494 e. The van der Waals surface area contributed by atoms with Crippen molar-refractivity contribution in [3.8, 4) is 5.75 Å². The zero-order valence-electron chi connectivity index (χ0n) is 14.6. The smallest absolute Gasteiger partial charge is 0.222 e. The molecule has 0 aliphatic carbocycles. The van der Waals surface area contributed by atoms with E-state index in [2.05, 4.69) is 0 Å². The number of carbonyl (C=O) groups is 2. The molecule has 1 saturated heterocycles. The molecule has 0 spiro atoms. The van der Waals surface area contributed by atoms with Gasteiger partial charge in [-0.2, -0.15) is 0 Å². The van der Waals surface area contributed by atoms with Crippen molar-refractivity contribution in [1.82, 2.24) is 4.90 Å². The molecule has 1 aromatic rings. The first kappa shape index (κ1) is 18.5. The normalized spacial score (nSPS) is 17.6. The molecule has 24 heavy (non-hydrogen) atoms. The fraction of sp³-hybridized carbons (Fsp3) is 0.579. The molecule has 0 aromatic heterocycles. The number of likely N-dealkylation sites (tertiary alicyclic amines) is 1. The molecule has 1 unspecified atom stereocenters. The Morgan fingerprint density at radius 1 is 1.33 bits per heavy atom. The number of amides is 1. The number of nitrogens with zero attached hydrogens (tertiary/aromatic N) is 1. The largest absolute Gasteiger partial charge is 0.494 e. The van der Waals surface area contributed by atoms with Crippen LogP contribution in [0.3, 0.4) is 0 Å². The fourth-order valence-electron chi connectivity index (χ4n) is 2.91. The van der Waals surface area contributed by atoms with Crippen LogP contribution in [0.2, 0.25) is 0 Å². The maximum absolute atomic E-state index is 12.3. The summed E-state index contributed by atoms with van der Waals surface area (Å²) in [7, 11) is 0. The first-order valence-electron chi connectivity index (χ1n) is 8.73. The average molecular weight is 333 g/mol. The van der Waals surface area contributed by atoms with Gasteiger partial charge in [-0.1, -0.05) is 12.1 Å². The lowest BCUT2D eigenvalue weighted by Crippen LogP contribution is -2.43. The van der Waals surface area contributed by atoms with Crippen molar-refractivity contribution in [2.75, 3.05) is 26.3 Å². The molecule has 1 aromatic carbocycles. The Balaban J connectivity index is 1.71. The highest BCUT2D eigenvalue weighted by molar-refractivity contribution is 5.94. The Hall–Kier alpha value is -1.88. The zero-order valence-corrected chi connectivity index (χ0v) is 14.6. The Kier molecular flexibility index (Phi) is 7.25. The van der Waals surface area contributed by atoms with Crippen LogP contribution in [-0.4, -0.2) is 49.0 Å². The summed E-state index contributed by atoms with van der Waals surface area (Å²) >= 11 is 0. The highest BCUT2D eigenvalue weighted by Crippen LogP contribution is 2.16. The molecule has 5 heteroatoms. The third-order valence-corrected chi connectivity index (χ3v) is 4.18. The van der Waals surface area contributed by atoms with E-state index in [0.717, 1.165) is 19.4 Å². The van der Waals surface area contributed by atoms with Gasteiger partial charge in [0.05, 0.1) is 12.7 Å². The van der Waals surface area contributed by atoms with Crippen molar-refractivity contribution < 1.29 is 19.1 Å². The molecule has 2 rings (SSSR count). The number of hydrogen-bond acceptors (Lipinski definition) is 4. The molecule has 1 aliphatic rings. The summed E-state index contributed by atoms with van der Waals surface area (Å²) in [6.07, 6.45) is 3.36. The summed E-state index contributed by atoms with van der Waals surface area (Å²) in [5.74, 6) is 0.856. The van der Waals surface area contributed by atoms with Crippen LogP contribution in [0.4, 0.5) is 0 Å². The lowest BCUT2D eigenvalue weighted by atomic mass is 10.1. The summed E-state index contributed by atoms with van der Waals surface area (Å²) in [6, 6.07) is 7.13. The van der Waals surface area contributed by atoms with E-state index in [-0.39, 0.29) is 17.8 Å². The molecule has 1 aliphatic heterocycles. The first-order valence-corrected chi connectivity index (χ1v) is 8.73. The van der Waals surface area contributed by atoms with Crippen molar-refractivity contribution in [2.45, 2.75) is 45.6 Å². The van der Waals surface area contributed by atoms with E-state index in [1.165, 1.54) is 6.92 Å². The molecule has 1 fully saturated rings. The Bertz CT molecular complexity index is 556. The predicted molar refractivity (Wildman–Crippen MR) is 92.4 cm³/mol. The van der Waals surface area contributed by atoms with Gasteiger partial charge in [0.15, 0.2) is 5.78 Å². The van der Waals surface area contributed by atoms with E-state index >= 15 is 0 Å². The van der Waals surface area contributed by atoms with E-state index in [4.69, 9.17) is 9.47 Å². The van der Waals surface area contributed by atoms with Crippen LogP contribution in [0.25, 0.3) is 0 Å². The van der Waals surface area contributed by atoms with Crippen molar-refractivity contribution >= 4 is 11.7 Å². The van der Waals surface area contributed by atoms with Gasteiger partial charge in [-0.15, -0.1) is 0 Å². The van der Waals surface area contributed by atoms with Gasteiger partial charge < -0.3 is 14.4 Å². The SMILES string of the molecule is CCOC1CCCN(C(=O)CCCOc2cccc(C(C)=O)c2)C1. The third-order valence-electron chi connectivity index (χ3n) is 4.18. The summed E-state index contributed by atoms with van der Waals surface area (Å²) in [5, 5.41) is 0. The molecular weight excluding hydrogens is 306 g/mol. The van der Waals surface area contributed by atoms with E-state index in [1.807, 2.05) is 17.9 Å². The Morgan fingerprint density at radius 3 is 2.92 bits per heavy atom. The molecular formula is C19H27NO4. The number of carbonyl (C=O) groups excluding carboxylic acids is 2. The molecule has 0 bridgehead atoms. The fourth-order valence-corrected chi connectivity index (χ4v) is 2.91. The quantitative estimate of drug-likeness (QED) is 0.542. The number of Topliss-reactive ketones (excluding diaryl/α,β-unsaturated/α-hetero) is 1.